The fourth-order valence-corrected chi connectivity index (χ4v) is 2.36. The summed E-state index contributed by atoms with van der Waals surface area (Å²) in [4.78, 5) is 14.4. The summed E-state index contributed by atoms with van der Waals surface area (Å²) >= 11 is 5.88. The van der Waals surface area contributed by atoms with Gasteiger partial charge in [0.1, 0.15) is 5.02 Å². The smallest absolute Gasteiger partial charge is 0.288 e. The van der Waals surface area contributed by atoms with Gasteiger partial charge in [0, 0.05) is 24.0 Å². The Labute approximate surface area is 120 Å². The maximum atomic E-state index is 10.7. The summed E-state index contributed by atoms with van der Waals surface area (Å²) in [6, 6.07) is 5.21. The van der Waals surface area contributed by atoms with Gasteiger partial charge < -0.3 is 9.88 Å². The van der Waals surface area contributed by atoms with Crippen molar-refractivity contribution in [2.24, 2.45) is 0 Å². The molecule has 3 rings (SSSR count). The van der Waals surface area contributed by atoms with Gasteiger partial charge in [0.15, 0.2) is 0 Å². The highest BCUT2D eigenvalue weighted by atomic mass is 35.5. The molecule has 1 fully saturated rings. The van der Waals surface area contributed by atoms with Crippen molar-refractivity contribution in [2.45, 2.75) is 25.4 Å². The van der Waals surface area contributed by atoms with Crippen LogP contribution in [-0.4, -0.2) is 14.5 Å². The summed E-state index contributed by atoms with van der Waals surface area (Å²) in [5.74, 6) is 0. The first kappa shape index (κ1) is 12.9. The zero-order valence-corrected chi connectivity index (χ0v) is 11.4. The topological polar surface area (TPSA) is 73.0 Å². The second kappa shape index (κ2) is 5.13. The van der Waals surface area contributed by atoms with Gasteiger partial charge in [-0.3, -0.25) is 10.1 Å². The summed E-state index contributed by atoms with van der Waals surface area (Å²) in [6.07, 6.45) is 6.08. The molecule has 0 radical (unpaired) electrons. The lowest BCUT2D eigenvalue weighted by Crippen LogP contribution is -2.06. The van der Waals surface area contributed by atoms with Crippen LogP contribution >= 0.6 is 11.6 Å². The van der Waals surface area contributed by atoms with Crippen molar-refractivity contribution in [3.8, 4) is 0 Å². The second-order valence-electron chi connectivity index (χ2n) is 4.80. The van der Waals surface area contributed by atoms with Crippen molar-refractivity contribution >= 4 is 23.0 Å². The van der Waals surface area contributed by atoms with E-state index in [1.165, 1.54) is 18.9 Å². The SMILES string of the molecule is O=[N+]([O-])c1ccc(NCc2cncn2C2CC2)cc1Cl. The highest BCUT2D eigenvalue weighted by Gasteiger charge is 2.25. The summed E-state index contributed by atoms with van der Waals surface area (Å²) in [6.45, 7) is 0.616. The average Bonchev–Trinajstić information content (AvgIpc) is 3.15. The third-order valence-electron chi connectivity index (χ3n) is 3.30. The van der Waals surface area contributed by atoms with Crippen LogP contribution in [0.5, 0.6) is 0 Å². The molecule has 1 aromatic heterocycles. The second-order valence-corrected chi connectivity index (χ2v) is 5.21. The van der Waals surface area contributed by atoms with E-state index in [4.69, 9.17) is 11.6 Å². The van der Waals surface area contributed by atoms with Crippen LogP contribution in [0, 0.1) is 10.1 Å². The molecule has 1 N–H and O–H groups in total. The standard InChI is InChI=1S/C13H13ClN4O2/c14-12-5-9(1-4-13(12)18(19)20)16-7-11-6-15-8-17(11)10-2-3-10/h1,4-6,8,10,16H,2-3,7H2. The summed E-state index contributed by atoms with van der Waals surface area (Å²) in [5.41, 5.74) is 1.77. The molecule has 1 aliphatic rings. The molecule has 1 heterocycles. The number of halogens is 1. The predicted octanol–water partition coefficient (Wildman–Crippen LogP) is 3.39. The first-order valence-electron chi connectivity index (χ1n) is 6.33. The number of benzene rings is 1. The average molecular weight is 293 g/mol. The Balaban J connectivity index is 1.70. The highest BCUT2D eigenvalue weighted by Crippen LogP contribution is 2.35. The lowest BCUT2D eigenvalue weighted by molar-refractivity contribution is -0.384. The highest BCUT2D eigenvalue weighted by molar-refractivity contribution is 6.32. The molecule has 0 atom stereocenters. The van der Waals surface area contributed by atoms with Gasteiger partial charge in [-0.2, -0.15) is 0 Å². The van der Waals surface area contributed by atoms with Crippen LogP contribution in [0.1, 0.15) is 24.6 Å². The lowest BCUT2D eigenvalue weighted by Gasteiger charge is -2.09. The van der Waals surface area contributed by atoms with Crippen LogP contribution < -0.4 is 5.32 Å². The molecule has 7 heteroatoms. The first-order valence-corrected chi connectivity index (χ1v) is 6.71. The first-order chi connectivity index (χ1) is 9.65. The number of nitro groups is 1. The lowest BCUT2D eigenvalue weighted by atomic mass is 10.2. The van der Waals surface area contributed by atoms with E-state index < -0.39 is 4.92 Å². The van der Waals surface area contributed by atoms with Gasteiger partial charge in [-0.25, -0.2) is 4.98 Å². The number of anilines is 1. The molecule has 20 heavy (non-hydrogen) atoms. The molecule has 0 spiro atoms. The van der Waals surface area contributed by atoms with Gasteiger partial charge in [-0.15, -0.1) is 0 Å². The van der Waals surface area contributed by atoms with Crippen molar-refractivity contribution in [1.29, 1.82) is 0 Å². The normalized spacial score (nSPS) is 14.2. The molecule has 0 amide bonds. The molecular weight excluding hydrogens is 280 g/mol. The quantitative estimate of drug-likeness (QED) is 0.677. The zero-order chi connectivity index (χ0) is 14.1. The molecule has 0 aliphatic heterocycles. The molecule has 0 bridgehead atoms. The van der Waals surface area contributed by atoms with Gasteiger partial charge >= 0.3 is 0 Å². The van der Waals surface area contributed by atoms with E-state index in [9.17, 15) is 10.1 Å². The minimum Gasteiger partial charge on any atom is -0.379 e. The van der Waals surface area contributed by atoms with Gasteiger partial charge in [0.2, 0.25) is 0 Å². The summed E-state index contributed by atoms with van der Waals surface area (Å²) < 4.78 is 2.17. The third kappa shape index (κ3) is 2.60. The van der Waals surface area contributed by atoms with Crippen LogP contribution in [0.25, 0.3) is 0 Å². The molecule has 1 saturated carbocycles. The van der Waals surface area contributed by atoms with E-state index in [1.807, 2.05) is 12.5 Å². The largest absolute Gasteiger partial charge is 0.379 e. The van der Waals surface area contributed by atoms with E-state index in [1.54, 1.807) is 12.1 Å². The van der Waals surface area contributed by atoms with E-state index in [2.05, 4.69) is 14.9 Å². The molecule has 2 aromatic rings. The molecule has 0 unspecified atom stereocenters. The van der Waals surface area contributed by atoms with Crippen molar-refractivity contribution in [2.75, 3.05) is 5.32 Å². The van der Waals surface area contributed by atoms with Crippen molar-refractivity contribution in [1.82, 2.24) is 9.55 Å². The molecule has 6 nitrogen and oxygen atoms in total. The number of hydrogen-bond donors (Lipinski definition) is 1. The number of hydrogen-bond acceptors (Lipinski definition) is 4. The van der Waals surface area contributed by atoms with Crippen LogP contribution in [0.15, 0.2) is 30.7 Å². The fourth-order valence-electron chi connectivity index (χ4n) is 2.11. The summed E-state index contributed by atoms with van der Waals surface area (Å²) in [5, 5.41) is 14.0. The number of aromatic nitrogens is 2. The Bertz CT molecular complexity index is 652. The molecule has 0 saturated heterocycles. The summed E-state index contributed by atoms with van der Waals surface area (Å²) in [7, 11) is 0. The van der Waals surface area contributed by atoms with Gasteiger partial charge in [-0.05, 0) is 25.0 Å². The van der Waals surface area contributed by atoms with Crippen LogP contribution in [0.4, 0.5) is 11.4 Å². The van der Waals surface area contributed by atoms with Gasteiger partial charge in [0.05, 0.1) is 23.5 Å². The molecule has 104 valence electrons. The Morgan fingerprint density at radius 2 is 2.30 bits per heavy atom. The number of rotatable bonds is 5. The number of nitro benzene ring substituents is 1. The predicted molar refractivity (Wildman–Crippen MR) is 75.9 cm³/mol. The van der Waals surface area contributed by atoms with Crippen molar-refractivity contribution < 1.29 is 4.92 Å². The molecular formula is C13H13ClN4O2. The third-order valence-corrected chi connectivity index (χ3v) is 3.61. The van der Waals surface area contributed by atoms with Gasteiger partial charge in [-0.1, -0.05) is 11.6 Å². The molecule has 1 aliphatic carbocycles. The Morgan fingerprint density at radius 3 is 2.95 bits per heavy atom. The number of nitrogens with one attached hydrogen (secondary N) is 1. The van der Waals surface area contributed by atoms with E-state index in [0.29, 0.717) is 12.6 Å². The maximum Gasteiger partial charge on any atom is 0.288 e. The monoisotopic (exact) mass is 292 g/mol. The van der Waals surface area contributed by atoms with E-state index >= 15 is 0 Å². The van der Waals surface area contributed by atoms with Crippen molar-refractivity contribution in [3.63, 3.8) is 0 Å². The fraction of sp³-hybridized carbons (Fsp3) is 0.308. The minimum atomic E-state index is -0.492. The van der Waals surface area contributed by atoms with Crippen LogP contribution in [0.2, 0.25) is 5.02 Å². The van der Waals surface area contributed by atoms with Crippen LogP contribution in [0.3, 0.4) is 0 Å². The zero-order valence-electron chi connectivity index (χ0n) is 10.6. The number of nitrogens with zero attached hydrogens (tertiary/aromatic N) is 3. The van der Waals surface area contributed by atoms with Crippen molar-refractivity contribution in [3.05, 3.63) is 51.6 Å². The van der Waals surface area contributed by atoms with Gasteiger partial charge in [0.25, 0.3) is 5.69 Å². The van der Waals surface area contributed by atoms with Crippen LogP contribution in [-0.2, 0) is 6.54 Å². The Morgan fingerprint density at radius 1 is 1.50 bits per heavy atom. The van der Waals surface area contributed by atoms with E-state index in [0.717, 1.165) is 11.4 Å². The Kier molecular flexibility index (Phi) is 3.31. The minimum absolute atomic E-state index is 0.0831. The Hall–Kier alpha value is -2.08. The van der Waals surface area contributed by atoms with E-state index in [-0.39, 0.29) is 10.7 Å². The number of imidazole rings is 1. The maximum absolute atomic E-state index is 10.7. The molecule has 1 aromatic carbocycles.